The van der Waals surface area contributed by atoms with Gasteiger partial charge in [0.15, 0.2) is 11.5 Å². The standard InChI is InChI=1S/C15H13F3N2O4/c1-8-6-20(15(21)22)7-12(8)23-10-3-2-9(5-19)4-11(10)24-14(18)13(16)17/h2-4,12-14H,1,6-7H2,(H,21,22). The molecule has 1 fully saturated rings. The van der Waals surface area contributed by atoms with Crippen molar-refractivity contribution in [3.05, 3.63) is 35.9 Å². The summed E-state index contributed by atoms with van der Waals surface area (Å²) < 4.78 is 47.9. The zero-order valence-electron chi connectivity index (χ0n) is 12.3. The summed E-state index contributed by atoms with van der Waals surface area (Å²) in [5, 5.41) is 17.8. The van der Waals surface area contributed by atoms with Gasteiger partial charge in [-0.3, -0.25) is 0 Å². The Morgan fingerprint density at radius 3 is 2.67 bits per heavy atom. The summed E-state index contributed by atoms with van der Waals surface area (Å²) in [5.41, 5.74) is 0.523. The Morgan fingerprint density at radius 2 is 2.12 bits per heavy atom. The summed E-state index contributed by atoms with van der Waals surface area (Å²) >= 11 is 0. The summed E-state index contributed by atoms with van der Waals surface area (Å²) in [7, 11) is 0. The van der Waals surface area contributed by atoms with E-state index in [0.717, 1.165) is 11.0 Å². The summed E-state index contributed by atoms with van der Waals surface area (Å²) in [5.74, 6) is -0.459. The number of alkyl halides is 3. The molecule has 1 heterocycles. The number of nitrogens with zero attached hydrogens (tertiary/aromatic N) is 2. The molecule has 0 aromatic heterocycles. The van der Waals surface area contributed by atoms with Crippen LogP contribution in [0.5, 0.6) is 11.5 Å². The van der Waals surface area contributed by atoms with Crippen molar-refractivity contribution in [2.45, 2.75) is 18.9 Å². The van der Waals surface area contributed by atoms with Gasteiger partial charge in [-0.15, -0.1) is 0 Å². The molecule has 6 nitrogen and oxygen atoms in total. The van der Waals surface area contributed by atoms with Crippen LogP contribution in [0.25, 0.3) is 0 Å². The lowest BCUT2D eigenvalue weighted by Crippen LogP contribution is -2.29. The SMILES string of the molecule is C=C1CN(C(=O)O)CC1Oc1ccc(C#N)cc1OC(F)C(F)F. The van der Waals surface area contributed by atoms with Crippen LogP contribution in [0.1, 0.15) is 5.56 Å². The molecule has 1 aromatic carbocycles. The molecular formula is C15H13F3N2O4. The number of hydrogen-bond acceptors (Lipinski definition) is 4. The van der Waals surface area contributed by atoms with Crippen molar-refractivity contribution in [3.63, 3.8) is 0 Å². The Hall–Kier alpha value is -2.89. The maximum atomic E-state index is 13.2. The van der Waals surface area contributed by atoms with E-state index in [1.54, 1.807) is 6.07 Å². The van der Waals surface area contributed by atoms with Crippen molar-refractivity contribution in [1.82, 2.24) is 4.90 Å². The van der Waals surface area contributed by atoms with Gasteiger partial charge in [-0.1, -0.05) is 6.58 Å². The lowest BCUT2D eigenvalue weighted by Gasteiger charge is -2.19. The van der Waals surface area contributed by atoms with E-state index < -0.39 is 25.0 Å². The quantitative estimate of drug-likeness (QED) is 0.832. The van der Waals surface area contributed by atoms with Crippen molar-refractivity contribution in [1.29, 1.82) is 5.26 Å². The molecule has 128 valence electrons. The van der Waals surface area contributed by atoms with E-state index in [4.69, 9.17) is 15.1 Å². The molecule has 0 spiro atoms. The van der Waals surface area contributed by atoms with Gasteiger partial charge in [0.05, 0.1) is 18.2 Å². The van der Waals surface area contributed by atoms with E-state index in [-0.39, 0.29) is 30.2 Å². The molecule has 1 saturated heterocycles. The summed E-state index contributed by atoms with van der Waals surface area (Å²) in [6.07, 6.45) is -8.14. The third-order valence-electron chi connectivity index (χ3n) is 3.29. The molecule has 1 aliphatic heterocycles. The van der Waals surface area contributed by atoms with Crippen molar-refractivity contribution in [2.75, 3.05) is 13.1 Å². The molecule has 0 aliphatic carbocycles. The minimum Gasteiger partial charge on any atom is -0.480 e. The maximum Gasteiger partial charge on any atom is 0.407 e. The molecule has 0 saturated carbocycles. The minimum atomic E-state index is -3.37. The average molecular weight is 342 g/mol. The second kappa shape index (κ2) is 7.12. The number of amides is 1. The fourth-order valence-electron chi connectivity index (χ4n) is 2.10. The first kappa shape index (κ1) is 17.5. The number of ether oxygens (including phenoxy) is 2. The Kier molecular flexibility index (Phi) is 5.18. The molecule has 0 bridgehead atoms. The number of hydrogen-bond donors (Lipinski definition) is 1. The summed E-state index contributed by atoms with van der Waals surface area (Å²) in [6.45, 7) is 3.75. The molecule has 24 heavy (non-hydrogen) atoms. The average Bonchev–Trinajstić information content (AvgIpc) is 2.90. The molecule has 1 aliphatic rings. The molecule has 0 radical (unpaired) electrons. The molecule has 1 aromatic rings. The van der Waals surface area contributed by atoms with Gasteiger partial charge in [0, 0.05) is 12.6 Å². The van der Waals surface area contributed by atoms with Gasteiger partial charge in [0.25, 0.3) is 6.36 Å². The molecule has 2 unspecified atom stereocenters. The number of halogens is 3. The van der Waals surface area contributed by atoms with Crippen molar-refractivity contribution in [3.8, 4) is 17.6 Å². The predicted octanol–water partition coefficient (Wildman–Crippen LogP) is 2.79. The highest BCUT2D eigenvalue weighted by Gasteiger charge is 2.32. The highest BCUT2D eigenvalue weighted by molar-refractivity contribution is 5.66. The second-order valence-electron chi connectivity index (χ2n) is 5.00. The van der Waals surface area contributed by atoms with Crippen LogP contribution >= 0.6 is 0 Å². The Bertz CT molecular complexity index is 690. The molecule has 1 amide bonds. The number of likely N-dealkylation sites (tertiary alicyclic amines) is 1. The second-order valence-corrected chi connectivity index (χ2v) is 5.00. The lowest BCUT2D eigenvalue weighted by molar-refractivity contribution is -0.0681. The maximum absolute atomic E-state index is 13.2. The topological polar surface area (TPSA) is 82.8 Å². The first-order valence-corrected chi connectivity index (χ1v) is 6.77. The molecular weight excluding hydrogens is 329 g/mol. The van der Waals surface area contributed by atoms with E-state index in [2.05, 4.69) is 11.3 Å². The van der Waals surface area contributed by atoms with Gasteiger partial charge in [0.1, 0.15) is 6.10 Å². The summed E-state index contributed by atoms with van der Waals surface area (Å²) in [6, 6.07) is 5.44. The third-order valence-corrected chi connectivity index (χ3v) is 3.29. The number of carboxylic acid groups (broad SMARTS) is 1. The van der Waals surface area contributed by atoms with Gasteiger partial charge in [-0.2, -0.15) is 9.65 Å². The minimum absolute atomic E-state index is 0.0124. The first-order chi connectivity index (χ1) is 11.3. The highest BCUT2D eigenvalue weighted by atomic mass is 19.3. The van der Waals surface area contributed by atoms with Gasteiger partial charge >= 0.3 is 12.5 Å². The number of nitriles is 1. The van der Waals surface area contributed by atoms with Crippen LogP contribution in [0.4, 0.5) is 18.0 Å². The van der Waals surface area contributed by atoms with Crippen LogP contribution in [-0.4, -0.2) is 48.1 Å². The van der Waals surface area contributed by atoms with Gasteiger partial charge in [-0.25, -0.2) is 13.6 Å². The number of carbonyl (C=O) groups is 1. The van der Waals surface area contributed by atoms with Crippen LogP contribution in [0, 0.1) is 11.3 Å². The molecule has 2 rings (SSSR count). The van der Waals surface area contributed by atoms with Crippen molar-refractivity contribution in [2.24, 2.45) is 0 Å². The van der Waals surface area contributed by atoms with Gasteiger partial charge in [0.2, 0.25) is 0 Å². The van der Waals surface area contributed by atoms with Crippen LogP contribution in [-0.2, 0) is 0 Å². The summed E-state index contributed by atoms with van der Waals surface area (Å²) in [4.78, 5) is 12.0. The largest absolute Gasteiger partial charge is 0.480 e. The van der Waals surface area contributed by atoms with Crippen LogP contribution < -0.4 is 9.47 Å². The van der Waals surface area contributed by atoms with Crippen LogP contribution in [0.3, 0.4) is 0 Å². The van der Waals surface area contributed by atoms with E-state index in [0.29, 0.717) is 5.57 Å². The fourth-order valence-corrected chi connectivity index (χ4v) is 2.10. The molecule has 1 N–H and O–H groups in total. The van der Waals surface area contributed by atoms with Crippen LogP contribution in [0.2, 0.25) is 0 Å². The highest BCUT2D eigenvalue weighted by Crippen LogP contribution is 2.33. The monoisotopic (exact) mass is 342 g/mol. The molecule has 2 atom stereocenters. The van der Waals surface area contributed by atoms with Crippen molar-refractivity contribution >= 4 is 6.09 Å². The Morgan fingerprint density at radius 1 is 1.42 bits per heavy atom. The van der Waals surface area contributed by atoms with Crippen LogP contribution in [0.15, 0.2) is 30.4 Å². The zero-order chi connectivity index (χ0) is 17.9. The van der Waals surface area contributed by atoms with Gasteiger partial charge < -0.3 is 19.5 Å². The Balaban J connectivity index is 2.22. The van der Waals surface area contributed by atoms with Crippen molar-refractivity contribution < 1.29 is 32.5 Å². The predicted molar refractivity (Wildman–Crippen MR) is 75.8 cm³/mol. The van der Waals surface area contributed by atoms with Gasteiger partial charge in [-0.05, 0) is 17.7 Å². The number of rotatable bonds is 5. The lowest BCUT2D eigenvalue weighted by atomic mass is 10.2. The normalized spacial score (nSPS) is 18.4. The third kappa shape index (κ3) is 3.90. The Labute approximate surface area is 135 Å². The molecule has 9 heteroatoms. The van der Waals surface area contributed by atoms with E-state index in [9.17, 15) is 18.0 Å². The van der Waals surface area contributed by atoms with E-state index in [1.165, 1.54) is 12.1 Å². The zero-order valence-corrected chi connectivity index (χ0v) is 12.3. The fraction of sp³-hybridized carbons (Fsp3) is 0.333. The van der Waals surface area contributed by atoms with E-state index >= 15 is 0 Å². The first-order valence-electron chi connectivity index (χ1n) is 6.77. The number of benzene rings is 1. The van der Waals surface area contributed by atoms with E-state index in [1.807, 2.05) is 0 Å². The smallest absolute Gasteiger partial charge is 0.407 e.